The number of aromatic amines is 1. The fourth-order valence-corrected chi connectivity index (χ4v) is 3.86. The topological polar surface area (TPSA) is 56.0 Å². The molecule has 0 saturated heterocycles. The summed E-state index contributed by atoms with van der Waals surface area (Å²) < 4.78 is 0. The van der Waals surface area contributed by atoms with Gasteiger partial charge in [0, 0.05) is 36.8 Å². The van der Waals surface area contributed by atoms with Gasteiger partial charge in [0.15, 0.2) is 5.11 Å². The first-order chi connectivity index (χ1) is 13.1. The summed E-state index contributed by atoms with van der Waals surface area (Å²) in [7, 11) is 0. The number of nitrogens with one attached hydrogen (secondary N) is 3. The van der Waals surface area contributed by atoms with Crippen LogP contribution in [-0.4, -0.2) is 39.1 Å². The summed E-state index contributed by atoms with van der Waals surface area (Å²) in [5.41, 5.74) is 3.36. The Kier molecular flexibility index (Phi) is 6.72. The number of thiocarbonyl (C=S) groups is 1. The van der Waals surface area contributed by atoms with Gasteiger partial charge < -0.3 is 20.5 Å². The van der Waals surface area contributed by atoms with E-state index in [-0.39, 0.29) is 0 Å². The first kappa shape index (κ1) is 19.7. The molecule has 3 rings (SSSR count). The van der Waals surface area contributed by atoms with Crippen molar-refractivity contribution in [1.82, 2.24) is 20.2 Å². The number of pyridine rings is 1. The maximum Gasteiger partial charge on any atom is 0.171 e. The lowest BCUT2D eigenvalue weighted by Gasteiger charge is -2.32. The van der Waals surface area contributed by atoms with E-state index >= 15 is 0 Å². The number of H-pyrrole nitrogens is 1. The van der Waals surface area contributed by atoms with Crippen molar-refractivity contribution < 1.29 is 0 Å². The predicted molar refractivity (Wildman–Crippen MR) is 118 cm³/mol. The molecule has 0 radical (unpaired) electrons. The van der Waals surface area contributed by atoms with E-state index in [0.29, 0.717) is 17.1 Å². The van der Waals surface area contributed by atoms with Gasteiger partial charge in [-0.3, -0.25) is 0 Å². The van der Waals surface area contributed by atoms with Crippen LogP contribution in [0.1, 0.15) is 57.9 Å². The Bertz CT molecular complexity index is 797. The molecule has 0 amide bonds. The van der Waals surface area contributed by atoms with Gasteiger partial charge in [-0.2, -0.15) is 0 Å². The van der Waals surface area contributed by atoms with E-state index in [2.05, 4.69) is 65.8 Å². The first-order valence-electron chi connectivity index (χ1n) is 10.1. The molecule has 5 nitrogen and oxygen atoms in total. The van der Waals surface area contributed by atoms with Crippen molar-refractivity contribution in [3.8, 4) is 0 Å². The van der Waals surface area contributed by atoms with Crippen molar-refractivity contribution in [3.63, 3.8) is 0 Å². The second-order valence-electron chi connectivity index (χ2n) is 7.33. The number of anilines is 1. The van der Waals surface area contributed by atoms with Crippen molar-refractivity contribution in [1.29, 1.82) is 0 Å². The Balaban J connectivity index is 1.74. The maximum atomic E-state index is 5.33. The second kappa shape index (κ2) is 9.22. The van der Waals surface area contributed by atoms with Gasteiger partial charge in [0.25, 0.3) is 0 Å². The van der Waals surface area contributed by atoms with Gasteiger partial charge in [0.1, 0.15) is 5.82 Å². The number of nitrogens with zero attached hydrogens (tertiary/aromatic N) is 2. The summed E-state index contributed by atoms with van der Waals surface area (Å²) in [6.45, 7) is 8.64. The average Bonchev–Trinajstić information content (AvgIpc) is 3.10. The lowest BCUT2D eigenvalue weighted by atomic mass is 9.94. The molecular formula is C21H31N5S. The summed E-state index contributed by atoms with van der Waals surface area (Å²) in [4.78, 5) is 10.7. The summed E-state index contributed by atoms with van der Waals surface area (Å²) in [6, 6.07) is 4.65. The van der Waals surface area contributed by atoms with E-state index in [0.717, 1.165) is 42.8 Å². The number of hydrogen-bond acceptors (Lipinski definition) is 3. The molecule has 3 N–H and O–H groups in total. The molecule has 0 saturated carbocycles. The highest BCUT2D eigenvalue weighted by Gasteiger charge is 2.21. The van der Waals surface area contributed by atoms with Crippen LogP contribution >= 0.6 is 12.2 Å². The van der Waals surface area contributed by atoms with E-state index in [9.17, 15) is 0 Å². The number of rotatable bonds is 7. The van der Waals surface area contributed by atoms with E-state index < -0.39 is 0 Å². The molecule has 1 aliphatic heterocycles. The number of fused-ring (bicyclic) bond motifs is 1. The minimum absolute atomic E-state index is 0.400. The van der Waals surface area contributed by atoms with E-state index in [1.807, 2.05) is 6.07 Å². The van der Waals surface area contributed by atoms with Crippen LogP contribution in [0.2, 0.25) is 0 Å². The zero-order valence-corrected chi connectivity index (χ0v) is 17.4. The standard InChI is InChI=1S/C21H31N5S/c1-4-6-15(3)26-12-9-16(10-13-26)17-14-23-18-7-8-19(24-20(17)18)25-21(27)22-11-5-2/h7-9,12,14-16,23H,4-6,10-11,13H2,1-3H3,(H2,22,24,25,27). The van der Waals surface area contributed by atoms with Crippen LogP contribution in [-0.2, 0) is 0 Å². The van der Waals surface area contributed by atoms with Gasteiger partial charge in [-0.1, -0.05) is 26.3 Å². The second-order valence-corrected chi connectivity index (χ2v) is 7.74. The largest absolute Gasteiger partial charge is 0.375 e. The zero-order chi connectivity index (χ0) is 19.2. The third-order valence-electron chi connectivity index (χ3n) is 5.21. The first-order valence-corrected chi connectivity index (χ1v) is 10.5. The zero-order valence-electron chi connectivity index (χ0n) is 16.6. The number of aromatic nitrogens is 2. The highest BCUT2D eigenvalue weighted by Crippen LogP contribution is 2.31. The molecule has 3 heterocycles. The lowest BCUT2D eigenvalue weighted by Crippen LogP contribution is -2.32. The van der Waals surface area contributed by atoms with Crippen molar-refractivity contribution in [2.45, 2.75) is 58.4 Å². The third-order valence-corrected chi connectivity index (χ3v) is 5.46. The predicted octanol–water partition coefficient (Wildman–Crippen LogP) is 4.75. The minimum atomic E-state index is 0.400. The van der Waals surface area contributed by atoms with Crippen LogP contribution in [0.15, 0.2) is 30.6 Å². The highest BCUT2D eigenvalue weighted by molar-refractivity contribution is 7.80. The Morgan fingerprint density at radius 1 is 1.37 bits per heavy atom. The van der Waals surface area contributed by atoms with Crippen LogP contribution in [0, 0.1) is 0 Å². The van der Waals surface area contributed by atoms with Crippen molar-refractivity contribution in [2.24, 2.45) is 0 Å². The smallest absolute Gasteiger partial charge is 0.171 e. The van der Waals surface area contributed by atoms with Gasteiger partial charge in [0.2, 0.25) is 0 Å². The van der Waals surface area contributed by atoms with Crippen molar-refractivity contribution >= 4 is 34.2 Å². The van der Waals surface area contributed by atoms with Gasteiger partial charge in [0.05, 0.1) is 11.0 Å². The summed E-state index contributed by atoms with van der Waals surface area (Å²) in [5.74, 6) is 1.19. The molecule has 27 heavy (non-hydrogen) atoms. The Morgan fingerprint density at radius 3 is 2.93 bits per heavy atom. The molecule has 2 unspecified atom stereocenters. The highest BCUT2D eigenvalue weighted by atomic mass is 32.1. The number of allylic oxidation sites excluding steroid dienone is 1. The molecule has 2 atom stereocenters. The molecular weight excluding hydrogens is 354 g/mol. The molecule has 146 valence electrons. The third kappa shape index (κ3) is 4.80. The lowest BCUT2D eigenvalue weighted by molar-refractivity contribution is 0.259. The molecule has 0 bridgehead atoms. The summed E-state index contributed by atoms with van der Waals surface area (Å²) in [6.07, 6.45) is 11.3. The van der Waals surface area contributed by atoms with Crippen LogP contribution in [0.5, 0.6) is 0 Å². The SMILES string of the molecule is CCCNC(=S)Nc1ccc2[nH]cc(C3C=CN(C(C)CCC)CC3)c2n1. The fourth-order valence-electron chi connectivity index (χ4n) is 3.65. The normalized spacial score (nSPS) is 17.9. The molecule has 0 aliphatic carbocycles. The average molecular weight is 386 g/mol. The Hall–Kier alpha value is -2.08. The molecule has 0 fully saturated rings. The molecule has 2 aromatic rings. The molecule has 2 aromatic heterocycles. The van der Waals surface area contributed by atoms with Gasteiger partial charge >= 0.3 is 0 Å². The quantitative estimate of drug-likeness (QED) is 0.601. The molecule has 1 aliphatic rings. The van der Waals surface area contributed by atoms with E-state index in [4.69, 9.17) is 17.2 Å². The van der Waals surface area contributed by atoms with E-state index in [1.165, 1.54) is 18.4 Å². The maximum absolute atomic E-state index is 5.33. The van der Waals surface area contributed by atoms with Gasteiger partial charge in [-0.25, -0.2) is 4.98 Å². The molecule has 0 spiro atoms. The minimum Gasteiger partial charge on any atom is -0.375 e. The fraction of sp³-hybridized carbons (Fsp3) is 0.524. The Morgan fingerprint density at radius 2 is 2.22 bits per heavy atom. The van der Waals surface area contributed by atoms with Crippen LogP contribution in [0.3, 0.4) is 0 Å². The molecule has 0 aromatic carbocycles. The molecule has 6 heteroatoms. The van der Waals surface area contributed by atoms with Gasteiger partial charge in [-0.15, -0.1) is 0 Å². The summed E-state index contributed by atoms with van der Waals surface area (Å²) in [5, 5.41) is 7.00. The van der Waals surface area contributed by atoms with E-state index in [1.54, 1.807) is 0 Å². The van der Waals surface area contributed by atoms with Crippen LogP contribution in [0.4, 0.5) is 5.82 Å². The van der Waals surface area contributed by atoms with Crippen molar-refractivity contribution in [3.05, 3.63) is 36.2 Å². The van der Waals surface area contributed by atoms with Crippen LogP contribution < -0.4 is 10.6 Å². The Labute approximate surface area is 167 Å². The van der Waals surface area contributed by atoms with Gasteiger partial charge in [-0.05, 0) is 56.7 Å². The van der Waals surface area contributed by atoms with Crippen LogP contribution in [0.25, 0.3) is 11.0 Å². The number of hydrogen-bond donors (Lipinski definition) is 3. The summed E-state index contributed by atoms with van der Waals surface area (Å²) >= 11 is 5.33. The van der Waals surface area contributed by atoms with Crippen molar-refractivity contribution in [2.75, 3.05) is 18.4 Å². The monoisotopic (exact) mass is 385 g/mol.